The van der Waals surface area contributed by atoms with Gasteiger partial charge in [0.15, 0.2) is 0 Å². The maximum atomic E-state index is 14.2. The Balaban J connectivity index is 2.05. The van der Waals surface area contributed by atoms with Gasteiger partial charge < -0.3 is 15.5 Å². The van der Waals surface area contributed by atoms with Crippen molar-refractivity contribution in [3.63, 3.8) is 0 Å². The van der Waals surface area contributed by atoms with Gasteiger partial charge in [-0.1, -0.05) is 12.6 Å². The third kappa shape index (κ3) is 3.44. The molecule has 0 spiro atoms. The van der Waals surface area contributed by atoms with Crippen LogP contribution < -0.4 is 15.5 Å². The SMILES string of the molecule is C=C1C=CN(CC(=O)NC)c2cc(F)cc(Nc3ccc(C)cc3F)c21. The first kappa shape index (κ1) is 17.7. The zero-order chi connectivity index (χ0) is 18.8. The van der Waals surface area contributed by atoms with Gasteiger partial charge in [-0.15, -0.1) is 0 Å². The number of hydrogen-bond donors (Lipinski definition) is 2. The topological polar surface area (TPSA) is 44.4 Å². The largest absolute Gasteiger partial charge is 0.358 e. The summed E-state index contributed by atoms with van der Waals surface area (Å²) in [6.45, 7) is 5.82. The van der Waals surface area contributed by atoms with Crippen LogP contribution in [-0.2, 0) is 4.79 Å². The number of rotatable bonds is 4. The molecule has 1 heterocycles. The van der Waals surface area contributed by atoms with Crippen LogP contribution in [-0.4, -0.2) is 19.5 Å². The normalized spacial score (nSPS) is 12.8. The number of nitrogens with one attached hydrogen (secondary N) is 2. The molecular weight excluding hydrogens is 336 g/mol. The van der Waals surface area contributed by atoms with Crippen LogP contribution in [0.2, 0.25) is 0 Å². The third-order valence-electron chi connectivity index (χ3n) is 4.16. The van der Waals surface area contributed by atoms with Gasteiger partial charge in [-0.25, -0.2) is 8.78 Å². The first-order valence-electron chi connectivity index (χ1n) is 8.10. The van der Waals surface area contributed by atoms with Crippen LogP contribution in [0.1, 0.15) is 11.1 Å². The Hall–Kier alpha value is -3.15. The summed E-state index contributed by atoms with van der Waals surface area (Å²) in [5.41, 5.74) is 3.18. The molecule has 1 aliphatic heterocycles. The molecular formula is C20H19F2N3O. The summed E-state index contributed by atoms with van der Waals surface area (Å²) in [6.07, 6.45) is 3.41. The van der Waals surface area contributed by atoms with E-state index < -0.39 is 11.6 Å². The minimum absolute atomic E-state index is 0.0368. The highest BCUT2D eigenvalue weighted by Crippen LogP contribution is 2.39. The fourth-order valence-corrected chi connectivity index (χ4v) is 2.84. The fourth-order valence-electron chi connectivity index (χ4n) is 2.84. The predicted molar refractivity (Wildman–Crippen MR) is 100 cm³/mol. The highest BCUT2D eigenvalue weighted by atomic mass is 19.1. The molecule has 0 aromatic heterocycles. The number of carbonyl (C=O) groups excluding carboxylic acids is 1. The molecule has 0 atom stereocenters. The number of aryl methyl sites for hydroxylation is 1. The number of anilines is 3. The Kier molecular flexibility index (Phi) is 4.75. The molecule has 2 aromatic rings. The molecule has 0 bridgehead atoms. The molecule has 0 unspecified atom stereocenters. The third-order valence-corrected chi connectivity index (χ3v) is 4.16. The highest BCUT2D eigenvalue weighted by molar-refractivity contribution is 5.95. The van der Waals surface area contributed by atoms with Crippen molar-refractivity contribution in [1.82, 2.24) is 5.32 Å². The summed E-state index contributed by atoms with van der Waals surface area (Å²) in [4.78, 5) is 13.4. The monoisotopic (exact) mass is 355 g/mol. The summed E-state index contributed by atoms with van der Waals surface area (Å²) in [7, 11) is 1.54. The summed E-state index contributed by atoms with van der Waals surface area (Å²) < 4.78 is 28.4. The van der Waals surface area contributed by atoms with E-state index in [0.29, 0.717) is 22.5 Å². The van der Waals surface area contributed by atoms with Gasteiger partial charge in [0.05, 0.1) is 17.1 Å². The Labute approximate surface area is 150 Å². The first-order chi connectivity index (χ1) is 12.4. The fraction of sp³-hybridized carbons (Fsp3) is 0.150. The second-order valence-corrected chi connectivity index (χ2v) is 6.10. The molecule has 6 heteroatoms. The number of amides is 1. The van der Waals surface area contributed by atoms with Gasteiger partial charge in [-0.05, 0) is 48.4 Å². The molecule has 3 rings (SSSR count). The van der Waals surface area contributed by atoms with E-state index in [1.807, 2.05) is 0 Å². The predicted octanol–water partition coefficient (Wildman–Crippen LogP) is 4.11. The summed E-state index contributed by atoms with van der Waals surface area (Å²) in [6, 6.07) is 7.40. The van der Waals surface area contributed by atoms with Crippen LogP contribution >= 0.6 is 0 Å². The van der Waals surface area contributed by atoms with Crippen LogP contribution in [0, 0.1) is 18.6 Å². The second-order valence-electron chi connectivity index (χ2n) is 6.10. The van der Waals surface area contributed by atoms with Crippen molar-refractivity contribution in [2.75, 3.05) is 23.8 Å². The lowest BCUT2D eigenvalue weighted by atomic mass is 9.98. The minimum Gasteiger partial charge on any atom is -0.358 e. The van der Waals surface area contributed by atoms with Crippen molar-refractivity contribution in [3.8, 4) is 0 Å². The Bertz CT molecular complexity index is 922. The molecule has 2 aromatic carbocycles. The average Bonchev–Trinajstić information content (AvgIpc) is 2.59. The number of carbonyl (C=O) groups is 1. The number of allylic oxidation sites excluding steroid dienone is 2. The number of fused-ring (bicyclic) bond motifs is 1. The molecule has 0 radical (unpaired) electrons. The smallest absolute Gasteiger partial charge is 0.239 e. The van der Waals surface area contributed by atoms with Crippen LogP contribution in [0.25, 0.3) is 5.57 Å². The lowest BCUT2D eigenvalue weighted by Crippen LogP contribution is -2.33. The second kappa shape index (κ2) is 7.00. The van der Waals surface area contributed by atoms with E-state index in [1.165, 1.54) is 25.2 Å². The number of hydrogen-bond acceptors (Lipinski definition) is 3. The van der Waals surface area contributed by atoms with Crippen molar-refractivity contribution < 1.29 is 13.6 Å². The van der Waals surface area contributed by atoms with Gasteiger partial charge in [0.1, 0.15) is 18.2 Å². The standard InChI is InChI=1S/C20H19F2N3O/c1-12-4-5-16(15(22)8-12)24-17-9-14(21)10-18-20(17)13(2)6-7-25(18)11-19(26)23-3/h4-10,24H,2,11H2,1,3H3,(H,23,26). The molecule has 0 saturated heterocycles. The molecule has 0 saturated carbocycles. The van der Waals surface area contributed by atoms with Gasteiger partial charge in [0.25, 0.3) is 0 Å². The van der Waals surface area contributed by atoms with E-state index in [-0.39, 0.29) is 18.1 Å². The zero-order valence-corrected chi connectivity index (χ0v) is 14.6. The van der Waals surface area contributed by atoms with E-state index in [1.54, 1.807) is 36.2 Å². The first-order valence-corrected chi connectivity index (χ1v) is 8.10. The minimum atomic E-state index is -0.497. The van der Waals surface area contributed by atoms with Crippen molar-refractivity contribution in [3.05, 3.63) is 71.9 Å². The lowest BCUT2D eigenvalue weighted by Gasteiger charge is -2.29. The number of benzene rings is 2. The quantitative estimate of drug-likeness (QED) is 0.868. The van der Waals surface area contributed by atoms with Crippen LogP contribution in [0.15, 0.2) is 49.2 Å². The van der Waals surface area contributed by atoms with Crippen molar-refractivity contribution >= 4 is 28.5 Å². The van der Waals surface area contributed by atoms with Crippen LogP contribution in [0.5, 0.6) is 0 Å². The molecule has 0 aliphatic carbocycles. The van der Waals surface area contributed by atoms with Crippen molar-refractivity contribution in [2.45, 2.75) is 6.92 Å². The van der Waals surface area contributed by atoms with Gasteiger partial charge in [-0.2, -0.15) is 0 Å². The number of likely N-dealkylation sites (N-methyl/N-ethyl adjacent to an activating group) is 1. The van der Waals surface area contributed by atoms with Gasteiger partial charge in [0.2, 0.25) is 5.91 Å². The van der Waals surface area contributed by atoms with Gasteiger partial charge in [0, 0.05) is 18.8 Å². The van der Waals surface area contributed by atoms with Gasteiger partial charge in [-0.3, -0.25) is 4.79 Å². The van der Waals surface area contributed by atoms with Crippen LogP contribution in [0.4, 0.5) is 25.8 Å². The molecule has 26 heavy (non-hydrogen) atoms. The van der Waals surface area contributed by atoms with E-state index in [4.69, 9.17) is 0 Å². The molecule has 1 amide bonds. The van der Waals surface area contributed by atoms with Gasteiger partial charge >= 0.3 is 0 Å². The molecule has 0 fully saturated rings. The maximum Gasteiger partial charge on any atom is 0.239 e. The highest BCUT2D eigenvalue weighted by Gasteiger charge is 2.22. The Morgan fingerprint density at radius 1 is 1.19 bits per heavy atom. The maximum absolute atomic E-state index is 14.2. The summed E-state index contributed by atoms with van der Waals surface area (Å²) in [5, 5.41) is 5.49. The molecule has 4 nitrogen and oxygen atoms in total. The van der Waals surface area contributed by atoms with E-state index in [2.05, 4.69) is 17.2 Å². The summed E-state index contributed by atoms with van der Waals surface area (Å²) >= 11 is 0. The van der Waals surface area contributed by atoms with Crippen molar-refractivity contribution in [1.29, 1.82) is 0 Å². The van der Waals surface area contributed by atoms with E-state index in [0.717, 1.165) is 5.56 Å². The number of nitrogens with zero attached hydrogens (tertiary/aromatic N) is 1. The number of halogens is 2. The molecule has 2 N–H and O–H groups in total. The summed E-state index contributed by atoms with van der Waals surface area (Å²) in [5.74, 6) is -1.14. The lowest BCUT2D eigenvalue weighted by molar-refractivity contribution is -0.119. The molecule has 134 valence electrons. The zero-order valence-electron chi connectivity index (χ0n) is 14.6. The van der Waals surface area contributed by atoms with Crippen molar-refractivity contribution in [2.24, 2.45) is 0 Å². The van der Waals surface area contributed by atoms with E-state index >= 15 is 0 Å². The Morgan fingerprint density at radius 2 is 1.96 bits per heavy atom. The van der Waals surface area contributed by atoms with E-state index in [9.17, 15) is 13.6 Å². The Morgan fingerprint density at radius 3 is 2.65 bits per heavy atom. The molecule has 1 aliphatic rings. The average molecular weight is 355 g/mol. The van der Waals surface area contributed by atoms with Crippen LogP contribution in [0.3, 0.4) is 0 Å².